The maximum absolute atomic E-state index is 9.29. The lowest BCUT2D eigenvalue weighted by atomic mass is 10.1. The van der Waals surface area contributed by atoms with Crippen LogP contribution in [0.2, 0.25) is 0 Å². The van der Waals surface area contributed by atoms with E-state index < -0.39 is 0 Å². The van der Waals surface area contributed by atoms with E-state index in [0.717, 1.165) is 28.8 Å². The van der Waals surface area contributed by atoms with Crippen LogP contribution in [0.3, 0.4) is 0 Å². The van der Waals surface area contributed by atoms with Gasteiger partial charge >= 0.3 is 0 Å². The van der Waals surface area contributed by atoms with Gasteiger partial charge in [-0.3, -0.25) is 4.68 Å². The van der Waals surface area contributed by atoms with Gasteiger partial charge in [0, 0.05) is 24.1 Å². The molecule has 8 nitrogen and oxygen atoms in total. The molecule has 0 radical (unpaired) electrons. The number of aliphatic hydroxyl groups excluding tert-OH is 1. The average molecular weight is 405 g/mol. The van der Waals surface area contributed by atoms with Crippen molar-refractivity contribution in [1.82, 2.24) is 19.7 Å². The number of hydrogen-bond acceptors (Lipinski definition) is 7. The van der Waals surface area contributed by atoms with Gasteiger partial charge in [0.15, 0.2) is 5.82 Å². The van der Waals surface area contributed by atoms with Crippen molar-refractivity contribution in [2.75, 3.05) is 24.8 Å². The number of rotatable bonds is 9. The van der Waals surface area contributed by atoms with E-state index in [1.165, 1.54) is 0 Å². The zero-order valence-electron chi connectivity index (χ0n) is 16.0. The topological polar surface area (TPSA) is 111 Å². The first-order valence-corrected chi connectivity index (χ1v) is 9.71. The number of halogens is 1. The predicted octanol–water partition coefficient (Wildman–Crippen LogP) is 2.78. The van der Waals surface area contributed by atoms with Crippen molar-refractivity contribution in [1.29, 1.82) is 0 Å². The fraction of sp³-hybridized carbons (Fsp3) is 0.421. The summed E-state index contributed by atoms with van der Waals surface area (Å²) in [7, 11) is 1.64. The second kappa shape index (κ2) is 9.07. The van der Waals surface area contributed by atoms with Crippen molar-refractivity contribution in [3.8, 4) is 5.75 Å². The van der Waals surface area contributed by atoms with Crippen molar-refractivity contribution in [2.45, 2.75) is 38.2 Å². The SMILES string of the molecule is CC[C@@H](CCO)Nc1nc(N)nc2cnn(Cc3cc(CCl)ccc3OC)c12. The molecule has 0 aliphatic rings. The van der Waals surface area contributed by atoms with Crippen LogP contribution < -0.4 is 15.8 Å². The second-order valence-corrected chi connectivity index (χ2v) is 6.78. The number of benzene rings is 1. The van der Waals surface area contributed by atoms with E-state index >= 15 is 0 Å². The van der Waals surface area contributed by atoms with E-state index in [4.69, 9.17) is 22.1 Å². The Hall–Kier alpha value is -2.58. The first-order valence-electron chi connectivity index (χ1n) is 9.17. The molecule has 0 amide bonds. The number of fused-ring (bicyclic) bond motifs is 1. The number of methoxy groups -OCH3 is 1. The molecule has 28 heavy (non-hydrogen) atoms. The maximum Gasteiger partial charge on any atom is 0.222 e. The van der Waals surface area contributed by atoms with Crippen LogP contribution in [0.5, 0.6) is 5.75 Å². The highest BCUT2D eigenvalue weighted by Gasteiger charge is 2.17. The van der Waals surface area contributed by atoms with Crippen LogP contribution in [0, 0.1) is 0 Å². The van der Waals surface area contributed by atoms with Crippen molar-refractivity contribution in [3.05, 3.63) is 35.5 Å². The molecule has 0 fully saturated rings. The number of nitrogens with zero attached hydrogens (tertiary/aromatic N) is 4. The third kappa shape index (κ3) is 4.28. The average Bonchev–Trinajstić information content (AvgIpc) is 3.09. The van der Waals surface area contributed by atoms with Crippen molar-refractivity contribution in [3.63, 3.8) is 0 Å². The van der Waals surface area contributed by atoms with E-state index in [1.807, 2.05) is 22.9 Å². The van der Waals surface area contributed by atoms with Gasteiger partial charge in [0.25, 0.3) is 0 Å². The monoisotopic (exact) mass is 404 g/mol. The van der Waals surface area contributed by atoms with Crippen LogP contribution in [-0.4, -0.2) is 44.6 Å². The van der Waals surface area contributed by atoms with Crippen molar-refractivity contribution >= 4 is 34.4 Å². The quantitative estimate of drug-likeness (QED) is 0.470. The first-order chi connectivity index (χ1) is 13.6. The highest BCUT2D eigenvalue weighted by molar-refractivity contribution is 6.17. The summed E-state index contributed by atoms with van der Waals surface area (Å²) < 4.78 is 7.31. The third-order valence-electron chi connectivity index (χ3n) is 4.64. The summed E-state index contributed by atoms with van der Waals surface area (Å²) in [4.78, 5) is 8.68. The lowest BCUT2D eigenvalue weighted by molar-refractivity contribution is 0.278. The number of aliphatic hydroxyl groups is 1. The number of nitrogens with one attached hydrogen (secondary N) is 1. The van der Waals surface area contributed by atoms with E-state index in [2.05, 4.69) is 27.3 Å². The van der Waals surface area contributed by atoms with E-state index in [0.29, 0.717) is 30.2 Å². The zero-order valence-corrected chi connectivity index (χ0v) is 16.8. The molecule has 4 N–H and O–H groups in total. The summed E-state index contributed by atoms with van der Waals surface area (Å²) in [6, 6.07) is 5.92. The normalized spacial score (nSPS) is 12.3. The summed E-state index contributed by atoms with van der Waals surface area (Å²) in [6.45, 7) is 2.61. The fourth-order valence-electron chi connectivity index (χ4n) is 3.16. The Balaban J connectivity index is 2.03. The van der Waals surface area contributed by atoms with Crippen LogP contribution in [0.4, 0.5) is 11.8 Å². The van der Waals surface area contributed by atoms with Gasteiger partial charge in [-0.2, -0.15) is 10.1 Å². The van der Waals surface area contributed by atoms with Crippen LogP contribution in [0.25, 0.3) is 11.0 Å². The lowest BCUT2D eigenvalue weighted by Crippen LogP contribution is -2.21. The maximum atomic E-state index is 9.29. The molecule has 1 aromatic carbocycles. The molecule has 1 atom stereocenters. The van der Waals surface area contributed by atoms with Gasteiger partial charge in [-0.05, 0) is 30.5 Å². The third-order valence-corrected chi connectivity index (χ3v) is 4.94. The van der Waals surface area contributed by atoms with Gasteiger partial charge in [-0.1, -0.05) is 13.0 Å². The highest BCUT2D eigenvalue weighted by atomic mass is 35.5. The lowest BCUT2D eigenvalue weighted by Gasteiger charge is -2.18. The van der Waals surface area contributed by atoms with Crippen LogP contribution in [0.1, 0.15) is 30.9 Å². The summed E-state index contributed by atoms with van der Waals surface area (Å²) in [5.74, 6) is 1.96. The van der Waals surface area contributed by atoms with Gasteiger partial charge in [-0.15, -0.1) is 11.6 Å². The minimum absolute atomic E-state index is 0.0694. The second-order valence-electron chi connectivity index (χ2n) is 6.51. The minimum Gasteiger partial charge on any atom is -0.496 e. The molecular weight excluding hydrogens is 380 g/mol. The largest absolute Gasteiger partial charge is 0.496 e. The number of alkyl halides is 1. The Kier molecular flexibility index (Phi) is 6.53. The molecule has 0 saturated heterocycles. The standard InChI is InChI=1S/C19H25ClN6O2/c1-3-14(6-7-27)23-18-17-15(24-19(21)25-18)10-22-26(17)11-13-8-12(9-20)4-5-16(13)28-2/h4-5,8,10,14,27H,3,6-7,9,11H2,1-2H3,(H3,21,23,24,25)/t14-/m0/s1. The number of anilines is 2. The Labute approximate surface area is 168 Å². The molecular formula is C19H25ClN6O2. The van der Waals surface area contributed by atoms with Gasteiger partial charge < -0.3 is 20.9 Å². The summed E-state index contributed by atoms with van der Waals surface area (Å²) >= 11 is 5.99. The van der Waals surface area contributed by atoms with Crippen LogP contribution in [-0.2, 0) is 12.4 Å². The number of ether oxygens (including phenoxy) is 1. The van der Waals surface area contributed by atoms with E-state index in [-0.39, 0.29) is 18.6 Å². The Morgan fingerprint density at radius 2 is 2.18 bits per heavy atom. The smallest absolute Gasteiger partial charge is 0.222 e. The van der Waals surface area contributed by atoms with E-state index in [9.17, 15) is 5.11 Å². The molecule has 0 saturated carbocycles. The van der Waals surface area contributed by atoms with E-state index in [1.54, 1.807) is 13.3 Å². The Morgan fingerprint density at radius 1 is 1.36 bits per heavy atom. The minimum atomic E-state index is 0.0694. The molecule has 0 aliphatic heterocycles. The number of nitrogens with two attached hydrogens (primary N) is 1. The number of nitrogen functional groups attached to an aromatic ring is 1. The van der Waals surface area contributed by atoms with Gasteiger partial charge in [0.05, 0.1) is 19.9 Å². The molecule has 150 valence electrons. The first kappa shape index (κ1) is 20.2. The van der Waals surface area contributed by atoms with Crippen LogP contribution >= 0.6 is 11.6 Å². The Morgan fingerprint density at radius 3 is 2.86 bits per heavy atom. The van der Waals surface area contributed by atoms with Gasteiger partial charge in [0.1, 0.15) is 16.8 Å². The Bertz CT molecular complexity index is 946. The van der Waals surface area contributed by atoms with Crippen molar-refractivity contribution < 1.29 is 9.84 Å². The summed E-state index contributed by atoms with van der Waals surface area (Å²) in [5, 5.41) is 17.1. The molecule has 0 spiro atoms. The molecule has 0 unspecified atom stereocenters. The molecule has 0 bridgehead atoms. The molecule has 9 heteroatoms. The van der Waals surface area contributed by atoms with Gasteiger partial charge in [-0.25, -0.2) is 4.98 Å². The zero-order chi connectivity index (χ0) is 20.1. The fourth-order valence-corrected chi connectivity index (χ4v) is 3.33. The highest BCUT2D eigenvalue weighted by Crippen LogP contribution is 2.27. The van der Waals surface area contributed by atoms with Crippen LogP contribution in [0.15, 0.2) is 24.4 Å². The molecule has 2 heterocycles. The van der Waals surface area contributed by atoms with Crippen molar-refractivity contribution in [2.24, 2.45) is 0 Å². The molecule has 3 aromatic rings. The van der Waals surface area contributed by atoms with Gasteiger partial charge in [0.2, 0.25) is 5.95 Å². The predicted molar refractivity (Wildman–Crippen MR) is 111 cm³/mol. The summed E-state index contributed by atoms with van der Waals surface area (Å²) in [5.41, 5.74) is 9.24. The summed E-state index contributed by atoms with van der Waals surface area (Å²) in [6.07, 6.45) is 3.12. The number of hydrogen-bond donors (Lipinski definition) is 3. The number of aromatic nitrogens is 4. The molecule has 2 aromatic heterocycles. The molecule has 3 rings (SSSR count). The molecule has 0 aliphatic carbocycles.